The Morgan fingerprint density at radius 1 is 1.14 bits per heavy atom. The number of hydrogen-bond donors (Lipinski definition) is 0. The fraction of sp³-hybridized carbons (Fsp3) is 0.500. The fourth-order valence-corrected chi connectivity index (χ4v) is 2.99. The minimum atomic E-state index is 0.638. The van der Waals surface area contributed by atoms with Crippen LogP contribution < -0.4 is 0 Å². The first-order valence-corrected chi connectivity index (χ1v) is 8.10. The minimum Gasteiger partial charge on any atom is -0.456 e. The van der Waals surface area contributed by atoms with Crippen molar-refractivity contribution in [2.75, 3.05) is 0 Å². The van der Waals surface area contributed by atoms with Gasteiger partial charge in [0.1, 0.15) is 11.3 Å². The van der Waals surface area contributed by atoms with Crippen molar-refractivity contribution in [2.45, 2.75) is 54.4 Å². The van der Waals surface area contributed by atoms with Gasteiger partial charge in [-0.05, 0) is 49.7 Å². The van der Waals surface area contributed by atoms with Gasteiger partial charge in [0.2, 0.25) is 0 Å². The third-order valence-corrected chi connectivity index (χ3v) is 3.94. The van der Waals surface area contributed by atoms with Gasteiger partial charge in [-0.3, -0.25) is 0 Å². The highest BCUT2D eigenvalue weighted by Crippen LogP contribution is 2.35. The molecule has 2 aromatic rings. The molecule has 0 bridgehead atoms. The summed E-state index contributed by atoms with van der Waals surface area (Å²) in [6.07, 6.45) is 4.34. The molecule has 0 atom stereocenters. The summed E-state index contributed by atoms with van der Waals surface area (Å²) in [5.41, 5.74) is 5.03. The van der Waals surface area contributed by atoms with Crippen molar-refractivity contribution in [1.82, 2.24) is 0 Å². The number of hydrogen-bond acceptors (Lipinski definition) is 1. The Hall–Kier alpha value is -1.50. The van der Waals surface area contributed by atoms with E-state index in [4.69, 9.17) is 4.42 Å². The van der Waals surface area contributed by atoms with E-state index in [0.717, 1.165) is 24.2 Å². The van der Waals surface area contributed by atoms with Gasteiger partial charge in [0.05, 0.1) is 0 Å². The average molecular weight is 284 g/mol. The number of para-hydroxylation sites is 1. The van der Waals surface area contributed by atoms with Crippen molar-refractivity contribution in [1.29, 1.82) is 0 Å². The molecule has 21 heavy (non-hydrogen) atoms. The van der Waals surface area contributed by atoms with Crippen LogP contribution in [0.4, 0.5) is 0 Å². The standard InChI is InChI=1S/C20H28O/c1-7-16(11-13(2)3)19-15(6)18-10-8-9-17(12-14(4)5)20(18)21-19/h7-10,13-14H,11-12H2,1-6H3/b16-7-. The van der Waals surface area contributed by atoms with Crippen LogP contribution >= 0.6 is 0 Å². The van der Waals surface area contributed by atoms with Gasteiger partial charge in [-0.1, -0.05) is 52.0 Å². The molecule has 0 aliphatic heterocycles. The molecule has 1 aromatic carbocycles. The molecule has 0 aliphatic rings. The molecule has 0 fully saturated rings. The molecule has 2 rings (SSSR count). The van der Waals surface area contributed by atoms with Crippen molar-refractivity contribution in [3.8, 4) is 0 Å². The Bertz CT molecular complexity index is 641. The lowest BCUT2D eigenvalue weighted by atomic mass is 9.97. The summed E-state index contributed by atoms with van der Waals surface area (Å²) in [7, 11) is 0. The van der Waals surface area contributed by atoms with Gasteiger partial charge >= 0.3 is 0 Å². The van der Waals surface area contributed by atoms with Crippen molar-refractivity contribution >= 4 is 16.5 Å². The monoisotopic (exact) mass is 284 g/mol. The van der Waals surface area contributed by atoms with E-state index in [1.165, 1.54) is 22.1 Å². The first-order chi connectivity index (χ1) is 9.93. The molecule has 0 saturated carbocycles. The highest BCUT2D eigenvalue weighted by atomic mass is 16.3. The lowest BCUT2D eigenvalue weighted by Crippen LogP contribution is -1.93. The summed E-state index contributed by atoms with van der Waals surface area (Å²) >= 11 is 0. The van der Waals surface area contributed by atoms with Crippen LogP contribution in [0.25, 0.3) is 16.5 Å². The smallest absolute Gasteiger partial charge is 0.138 e. The summed E-state index contributed by atoms with van der Waals surface area (Å²) in [6, 6.07) is 6.54. The van der Waals surface area contributed by atoms with Crippen LogP contribution in [0.15, 0.2) is 28.7 Å². The third kappa shape index (κ3) is 3.40. The van der Waals surface area contributed by atoms with E-state index in [-0.39, 0.29) is 0 Å². The Morgan fingerprint density at radius 3 is 2.43 bits per heavy atom. The van der Waals surface area contributed by atoms with Gasteiger partial charge < -0.3 is 4.42 Å². The number of furan rings is 1. The molecule has 1 heteroatoms. The Kier molecular flexibility index (Phi) is 4.92. The molecular formula is C20H28O. The quantitative estimate of drug-likeness (QED) is 0.620. The molecule has 1 heterocycles. The highest BCUT2D eigenvalue weighted by molar-refractivity contribution is 5.88. The van der Waals surface area contributed by atoms with E-state index >= 15 is 0 Å². The number of allylic oxidation sites excluding steroid dienone is 2. The van der Waals surface area contributed by atoms with Crippen molar-refractivity contribution < 1.29 is 4.42 Å². The topological polar surface area (TPSA) is 13.1 Å². The second kappa shape index (κ2) is 6.51. The first-order valence-electron chi connectivity index (χ1n) is 8.10. The Balaban J connectivity index is 2.54. The zero-order chi connectivity index (χ0) is 15.6. The highest BCUT2D eigenvalue weighted by Gasteiger charge is 2.17. The zero-order valence-corrected chi connectivity index (χ0v) is 14.3. The molecule has 0 unspecified atom stereocenters. The molecule has 1 aromatic heterocycles. The van der Waals surface area contributed by atoms with Crippen LogP contribution in [0.2, 0.25) is 0 Å². The minimum absolute atomic E-state index is 0.638. The Morgan fingerprint density at radius 2 is 1.86 bits per heavy atom. The average Bonchev–Trinajstić information content (AvgIpc) is 2.74. The lowest BCUT2D eigenvalue weighted by Gasteiger charge is -2.08. The second-order valence-corrected chi connectivity index (χ2v) is 6.86. The number of rotatable bonds is 5. The predicted octanol–water partition coefficient (Wildman–Crippen LogP) is 6.39. The predicted molar refractivity (Wildman–Crippen MR) is 92.6 cm³/mol. The molecule has 1 nitrogen and oxygen atoms in total. The van der Waals surface area contributed by atoms with E-state index in [0.29, 0.717) is 11.8 Å². The molecule has 0 spiro atoms. The normalized spacial score (nSPS) is 12.9. The van der Waals surface area contributed by atoms with E-state index in [9.17, 15) is 0 Å². The van der Waals surface area contributed by atoms with Gasteiger partial charge in [-0.2, -0.15) is 0 Å². The molecule has 0 aliphatic carbocycles. The van der Waals surface area contributed by atoms with Crippen LogP contribution in [-0.4, -0.2) is 0 Å². The summed E-state index contributed by atoms with van der Waals surface area (Å²) in [6.45, 7) is 13.3. The fourth-order valence-electron chi connectivity index (χ4n) is 2.99. The van der Waals surface area contributed by atoms with Crippen LogP contribution in [0, 0.1) is 18.8 Å². The summed E-state index contributed by atoms with van der Waals surface area (Å²) in [5, 5.41) is 1.27. The summed E-state index contributed by atoms with van der Waals surface area (Å²) < 4.78 is 6.32. The molecule has 0 N–H and O–H groups in total. The summed E-state index contributed by atoms with van der Waals surface area (Å²) in [5.74, 6) is 2.36. The van der Waals surface area contributed by atoms with Gasteiger partial charge in [-0.25, -0.2) is 0 Å². The number of fused-ring (bicyclic) bond motifs is 1. The molecule has 0 amide bonds. The maximum Gasteiger partial charge on any atom is 0.138 e. The van der Waals surface area contributed by atoms with Crippen LogP contribution in [-0.2, 0) is 6.42 Å². The molecule has 0 saturated heterocycles. The maximum atomic E-state index is 6.32. The third-order valence-electron chi connectivity index (χ3n) is 3.94. The van der Waals surface area contributed by atoms with Gasteiger partial charge in [-0.15, -0.1) is 0 Å². The van der Waals surface area contributed by atoms with E-state index in [1.54, 1.807) is 0 Å². The van der Waals surface area contributed by atoms with E-state index < -0.39 is 0 Å². The van der Waals surface area contributed by atoms with Gasteiger partial charge in [0.15, 0.2) is 0 Å². The maximum absolute atomic E-state index is 6.32. The lowest BCUT2D eigenvalue weighted by molar-refractivity contribution is 0.569. The molecule has 0 radical (unpaired) electrons. The van der Waals surface area contributed by atoms with Crippen molar-refractivity contribution in [2.24, 2.45) is 11.8 Å². The number of aryl methyl sites for hydroxylation is 1. The van der Waals surface area contributed by atoms with Crippen LogP contribution in [0.1, 0.15) is 57.9 Å². The number of benzene rings is 1. The Labute approximate surface area is 129 Å². The van der Waals surface area contributed by atoms with Crippen LogP contribution in [0.5, 0.6) is 0 Å². The zero-order valence-electron chi connectivity index (χ0n) is 14.3. The van der Waals surface area contributed by atoms with Gasteiger partial charge in [0, 0.05) is 10.9 Å². The van der Waals surface area contributed by atoms with E-state index in [2.05, 4.69) is 65.8 Å². The second-order valence-electron chi connectivity index (χ2n) is 6.86. The van der Waals surface area contributed by atoms with Crippen molar-refractivity contribution in [3.63, 3.8) is 0 Å². The largest absolute Gasteiger partial charge is 0.456 e. The van der Waals surface area contributed by atoms with Crippen molar-refractivity contribution in [3.05, 3.63) is 41.2 Å². The van der Waals surface area contributed by atoms with E-state index in [1.807, 2.05) is 0 Å². The van der Waals surface area contributed by atoms with Crippen LogP contribution in [0.3, 0.4) is 0 Å². The molecular weight excluding hydrogens is 256 g/mol. The van der Waals surface area contributed by atoms with Gasteiger partial charge in [0.25, 0.3) is 0 Å². The SMILES string of the molecule is C/C=C(/CC(C)C)c1oc2c(CC(C)C)cccc2c1C. The first kappa shape index (κ1) is 15.9. The molecule has 114 valence electrons. The summed E-state index contributed by atoms with van der Waals surface area (Å²) in [4.78, 5) is 0.